The zero-order valence-corrected chi connectivity index (χ0v) is 33.3. The van der Waals surface area contributed by atoms with Crippen LogP contribution in [0.15, 0.2) is 212 Å². The topological polar surface area (TPSA) is 0 Å². The molecular formula is C56H35PS. The number of benzene rings is 10. The van der Waals surface area contributed by atoms with Crippen molar-refractivity contribution in [2.45, 2.75) is 0 Å². The zero-order chi connectivity index (χ0) is 38.2. The second-order valence-corrected chi connectivity index (χ2v) is 18.5. The molecule has 0 amide bonds. The van der Waals surface area contributed by atoms with Crippen LogP contribution < -0.4 is 15.9 Å². The number of fused-ring (bicyclic) bond motifs is 7. The monoisotopic (exact) mass is 770 g/mol. The lowest BCUT2D eigenvalue weighted by Gasteiger charge is -2.20. The molecule has 10 aromatic carbocycles. The molecule has 11 aromatic rings. The van der Waals surface area contributed by atoms with E-state index in [1.165, 1.54) is 113 Å². The highest BCUT2D eigenvalue weighted by Crippen LogP contribution is 2.58. The molecule has 1 aliphatic rings. The third-order valence-corrected chi connectivity index (χ3v) is 15.5. The summed E-state index contributed by atoms with van der Waals surface area (Å²) in [7, 11) is -0.701. The molecule has 58 heavy (non-hydrogen) atoms. The Morgan fingerprint density at radius 1 is 0.276 bits per heavy atom. The average molecular weight is 771 g/mol. The van der Waals surface area contributed by atoms with Gasteiger partial charge in [-0.25, -0.2) is 0 Å². The fraction of sp³-hybridized carbons (Fsp3) is 0. The van der Waals surface area contributed by atoms with Crippen molar-refractivity contribution in [2.24, 2.45) is 0 Å². The van der Waals surface area contributed by atoms with E-state index in [0.717, 1.165) is 0 Å². The maximum Gasteiger partial charge on any atom is 0.0355 e. The molecule has 0 unspecified atom stereocenters. The molecule has 1 aliphatic carbocycles. The molecule has 0 saturated heterocycles. The Hall–Kier alpha value is -6.63. The van der Waals surface area contributed by atoms with Gasteiger partial charge in [-0.3, -0.25) is 0 Å². The van der Waals surface area contributed by atoms with Crippen LogP contribution in [0.25, 0.3) is 97.4 Å². The molecule has 0 fully saturated rings. The highest BCUT2D eigenvalue weighted by Gasteiger charge is 2.31. The summed E-state index contributed by atoms with van der Waals surface area (Å²) in [6, 6.07) is 79.1. The summed E-state index contributed by atoms with van der Waals surface area (Å²) in [6.07, 6.45) is 0. The van der Waals surface area contributed by atoms with Gasteiger partial charge in [0.2, 0.25) is 0 Å². The number of hydrogen-bond donors (Lipinski definition) is 0. The summed E-state index contributed by atoms with van der Waals surface area (Å²) in [6.45, 7) is 0. The van der Waals surface area contributed by atoms with Crippen molar-refractivity contribution in [1.82, 2.24) is 0 Å². The van der Waals surface area contributed by atoms with E-state index in [4.69, 9.17) is 0 Å². The SMILES string of the molecule is c1ccc(-c2c3c(c(-c4ccccc4)c4ccccc24)-c2ccc(-c4ccc5sc6ccc(P(c7ccccc7)c7ccccc7)cc6c5c4)c4cccc-3c24)cc1. The first-order valence-electron chi connectivity index (χ1n) is 19.9. The lowest BCUT2D eigenvalue weighted by atomic mass is 9.82. The second kappa shape index (κ2) is 13.5. The van der Waals surface area contributed by atoms with E-state index in [-0.39, 0.29) is 0 Å². The van der Waals surface area contributed by atoms with Crippen molar-refractivity contribution in [3.05, 3.63) is 212 Å². The van der Waals surface area contributed by atoms with E-state index < -0.39 is 7.92 Å². The number of thiophene rings is 1. The highest BCUT2D eigenvalue weighted by molar-refractivity contribution is 7.79. The van der Waals surface area contributed by atoms with Crippen LogP contribution in [0.5, 0.6) is 0 Å². The number of hydrogen-bond acceptors (Lipinski definition) is 1. The van der Waals surface area contributed by atoms with Gasteiger partial charge >= 0.3 is 0 Å². The lowest BCUT2D eigenvalue weighted by molar-refractivity contribution is 1.62. The first-order chi connectivity index (χ1) is 28.8. The van der Waals surface area contributed by atoms with Crippen molar-refractivity contribution < 1.29 is 0 Å². The van der Waals surface area contributed by atoms with Crippen molar-refractivity contribution in [1.29, 1.82) is 0 Å². The van der Waals surface area contributed by atoms with Gasteiger partial charge in [0.1, 0.15) is 0 Å². The van der Waals surface area contributed by atoms with Crippen LogP contribution in [-0.2, 0) is 0 Å². The standard InChI is InChI=1S/C56H35PS/c1-5-16-36(17-6-1)52-44-24-13-14-25-45(44)53(37-18-7-2-8-19-37)56-47-31-30-42(43-26-15-27-46(54(43)47)55(52)56)38-28-32-50-48(34-38)49-35-41(29-33-51(49)58-50)57(39-20-9-3-10-21-39)40-22-11-4-12-23-40/h1-35H. The second-order valence-electron chi connectivity index (χ2n) is 15.2. The smallest absolute Gasteiger partial charge is 0.0355 e. The average Bonchev–Trinajstić information content (AvgIpc) is 3.83. The predicted octanol–water partition coefficient (Wildman–Crippen LogP) is 14.8. The van der Waals surface area contributed by atoms with Crippen LogP contribution in [0.1, 0.15) is 0 Å². The van der Waals surface area contributed by atoms with Crippen molar-refractivity contribution in [2.75, 3.05) is 0 Å². The summed E-state index contributed by atoms with van der Waals surface area (Å²) < 4.78 is 2.65. The summed E-state index contributed by atoms with van der Waals surface area (Å²) in [5.74, 6) is 0. The van der Waals surface area contributed by atoms with Crippen LogP contribution in [0, 0.1) is 0 Å². The summed E-state index contributed by atoms with van der Waals surface area (Å²) in [5.41, 5.74) is 12.9. The van der Waals surface area contributed by atoms with Crippen LogP contribution in [0.3, 0.4) is 0 Å². The molecule has 2 heteroatoms. The van der Waals surface area contributed by atoms with E-state index in [1.54, 1.807) is 0 Å². The van der Waals surface area contributed by atoms with Crippen molar-refractivity contribution >= 4 is 76.9 Å². The first kappa shape index (κ1) is 33.5. The Balaban J connectivity index is 1.08. The molecular weight excluding hydrogens is 736 g/mol. The fourth-order valence-electron chi connectivity index (χ4n) is 9.53. The Bertz CT molecular complexity index is 3240. The molecule has 0 atom stereocenters. The van der Waals surface area contributed by atoms with Crippen LogP contribution in [-0.4, -0.2) is 0 Å². The third-order valence-electron chi connectivity index (χ3n) is 12.0. The van der Waals surface area contributed by atoms with Gasteiger partial charge in [-0.05, 0) is 125 Å². The van der Waals surface area contributed by atoms with Gasteiger partial charge in [0.05, 0.1) is 0 Å². The lowest BCUT2D eigenvalue weighted by Crippen LogP contribution is -2.20. The molecule has 0 radical (unpaired) electrons. The van der Waals surface area contributed by atoms with Gasteiger partial charge < -0.3 is 0 Å². The summed E-state index contributed by atoms with van der Waals surface area (Å²) in [5, 5.41) is 12.0. The van der Waals surface area contributed by atoms with Gasteiger partial charge in [-0.2, -0.15) is 0 Å². The van der Waals surface area contributed by atoms with Gasteiger partial charge in [-0.15, -0.1) is 11.3 Å². The third kappa shape index (κ3) is 5.18. The Labute approximate surface area is 343 Å². The van der Waals surface area contributed by atoms with Crippen molar-refractivity contribution in [3.63, 3.8) is 0 Å². The molecule has 0 N–H and O–H groups in total. The van der Waals surface area contributed by atoms with Gasteiger partial charge in [0.15, 0.2) is 0 Å². The van der Waals surface area contributed by atoms with E-state index in [0.29, 0.717) is 0 Å². The maximum absolute atomic E-state index is 2.48. The normalized spacial score (nSPS) is 11.9. The Morgan fingerprint density at radius 2 is 0.759 bits per heavy atom. The van der Waals surface area contributed by atoms with Crippen LogP contribution in [0.4, 0.5) is 0 Å². The van der Waals surface area contributed by atoms with Gasteiger partial charge in [0, 0.05) is 20.2 Å². The molecule has 0 saturated carbocycles. The largest absolute Gasteiger partial charge is 0.135 e. The first-order valence-corrected chi connectivity index (χ1v) is 22.1. The number of rotatable bonds is 6. The van der Waals surface area contributed by atoms with E-state index >= 15 is 0 Å². The zero-order valence-electron chi connectivity index (χ0n) is 31.6. The molecule has 270 valence electrons. The van der Waals surface area contributed by atoms with Gasteiger partial charge in [0.25, 0.3) is 0 Å². The molecule has 0 aliphatic heterocycles. The Kier molecular flexibility index (Phi) is 7.80. The quantitative estimate of drug-likeness (QED) is 0.148. The molecule has 0 spiro atoms. The maximum atomic E-state index is 2.48. The molecule has 1 heterocycles. The van der Waals surface area contributed by atoms with Crippen molar-refractivity contribution in [3.8, 4) is 55.6 Å². The minimum absolute atomic E-state index is 0.701. The summed E-state index contributed by atoms with van der Waals surface area (Å²) in [4.78, 5) is 0. The summed E-state index contributed by atoms with van der Waals surface area (Å²) >= 11 is 1.89. The fourth-order valence-corrected chi connectivity index (χ4v) is 12.9. The van der Waals surface area contributed by atoms with Crippen LogP contribution in [0.2, 0.25) is 0 Å². The predicted molar refractivity (Wildman–Crippen MR) is 254 cm³/mol. The van der Waals surface area contributed by atoms with Gasteiger partial charge in [-0.1, -0.05) is 188 Å². The minimum atomic E-state index is -0.701. The molecule has 12 rings (SSSR count). The molecule has 0 bridgehead atoms. The van der Waals surface area contributed by atoms with E-state index in [9.17, 15) is 0 Å². The minimum Gasteiger partial charge on any atom is -0.135 e. The molecule has 1 aromatic heterocycles. The van der Waals surface area contributed by atoms with E-state index in [2.05, 4.69) is 212 Å². The molecule has 0 nitrogen and oxygen atoms in total. The highest BCUT2D eigenvalue weighted by atomic mass is 32.1. The van der Waals surface area contributed by atoms with E-state index in [1.807, 2.05) is 11.3 Å². The Morgan fingerprint density at radius 3 is 1.36 bits per heavy atom. The van der Waals surface area contributed by atoms with Crippen LogP contribution >= 0.6 is 19.3 Å².